The highest BCUT2D eigenvalue weighted by molar-refractivity contribution is 8.00. The lowest BCUT2D eigenvalue weighted by Gasteiger charge is -2.26. The number of aromatic nitrogens is 2. The van der Waals surface area contributed by atoms with Crippen LogP contribution in [0.3, 0.4) is 0 Å². The van der Waals surface area contributed by atoms with Crippen molar-refractivity contribution in [2.75, 3.05) is 37.7 Å². The van der Waals surface area contributed by atoms with E-state index in [9.17, 15) is 9.59 Å². The Bertz CT molecular complexity index is 1240. The Kier molecular flexibility index (Phi) is 6.63. The standard InChI is InChI=1S/C26H28N4O3S/c1-17(25(32)20-7-8-23-19(15-20)9-10-30(23)18(2)31)34-26-21-5-3-4-6-22(21)27-24(28-26)16-29-11-13-33-14-12-29/h3-8,15,17H,9-14,16H2,1-2H3. The molecule has 2 aliphatic rings. The Labute approximate surface area is 203 Å². The molecule has 1 atom stereocenters. The first-order valence-corrected chi connectivity index (χ1v) is 12.6. The Morgan fingerprint density at radius 2 is 1.88 bits per heavy atom. The van der Waals surface area contributed by atoms with Crippen LogP contribution in [0.1, 0.15) is 35.6 Å². The van der Waals surface area contributed by atoms with E-state index in [1.807, 2.05) is 49.4 Å². The first-order valence-electron chi connectivity index (χ1n) is 11.7. The van der Waals surface area contributed by atoms with E-state index in [2.05, 4.69) is 4.90 Å². The number of carbonyl (C=O) groups is 2. The smallest absolute Gasteiger partial charge is 0.223 e. The summed E-state index contributed by atoms with van der Waals surface area (Å²) in [5, 5.41) is 1.49. The minimum atomic E-state index is -0.307. The van der Waals surface area contributed by atoms with E-state index in [-0.39, 0.29) is 16.9 Å². The number of carbonyl (C=O) groups excluding carboxylic acids is 2. The van der Waals surface area contributed by atoms with Gasteiger partial charge < -0.3 is 9.64 Å². The maximum Gasteiger partial charge on any atom is 0.223 e. The van der Waals surface area contributed by atoms with Crippen molar-refractivity contribution in [2.24, 2.45) is 0 Å². The van der Waals surface area contributed by atoms with Gasteiger partial charge in [-0.15, -0.1) is 0 Å². The highest BCUT2D eigenvalue weighted by Gasteiger charge is 2.25. The van der Waals surface area contributed by atoms with Gasteiger partial charge in [0.25, 0.3) is 0 Å². The highest BCUT2D eigenvalue weighted by atomic mass is 32.2. The molecule has 0 spiro atoms. The number of hydrogen-bond acceptors (Lipinski definition) is 7. The fraction of sp³-hybridized carbons (Fsp3) is 0.385. The van der Waals surface area contributed by atoms with Crippen molar-refractivity contribution < 1.29 is 14.3 Å². The van der Waals surface area contributed by atoms with Gasteiger partial charge in [0.05, 0.1) is 30.5 Å². The average molecular weight is 477 g/mol. The largest absolute Gasteiger partial charge is 0.379 e. The molecule has 0 saturated carbocycles. The second-order valence-corrected chi connectivity index (χ2v) is 10.1. The molecule has 1 amide bonds. The Morgan fingerprint density at radius 1 is 1.09 bits per heavy atom. The lowest BCUT2D eigenvalue weighted by Crippen LogP contribution is -2.36. The first-order chi connectivity index (χ1) is 16.5. The summed E-state index contributed by atoms with van der Waals surface area (Å²) in [7, 11) is 0. The first kappa shape index (κ1) is 23.0. The van der Waals surface area contributed by atoms with Gasteiger partial charge in [0.1, 0.15) is 10.9 Å². The third kappa shape index (κ3) is 4.71. The minimum Gasteiger partial charge on any atom is -0.379 e. The van der Waals surface area contributed by atoms with E-state index < -0.39 is 0 Å². The molecule has 2 aliphatic heterocycles. The molecule has 0 N–H and O–H groups in total. The summed E-state index contributed by atoms with van der Waals surface area (Å²) in [6.45, 7) is 8.04. The van der Waals surface area contributed by atoms with Crippen molar-refractivity contribution in [1.29, 1.82) is 0 Å². The van der Waals surface area contributed by atoms with Crippen LogP contribution in [0.4, 0.5) is 5.69 Å². The summed E-state index contributed by atoms with van der Waals surface area (Å²) < 4.78 is 5.45. The van der Waals surface area contributed by atoms with Gasteiger partial charge in [-0.1, -0.05) is 30.0 Å². The zero-order chi connectivity index (χ0) is 23.7. The molecular formula is C26H28N4O3S. The predicted molar refractivity (Wildman–Crippen MR) is 133 cm³/mol. The second-order valence-electron chi connectivity index (χ2n) is 8.74. The monoisotopic (exact) mass is 476 g/mol. The van der Waals surface area contributed by atoms with Crippen LogP contribution in [0.5, 0.6) is 0 Å². The summed E-state index contributed by atoms with van der Waals surface area (Å²) in [5.41, 5.74) is 3.54. The summed E-state index contributed by atoms with van der Waals surface area (Å²) >= 11 is 1.48. The van der Waals surface area contributed by atoms with Crippen LogP contribution < -0.4 is 4.90 Å². The molecule has 2 aromatic carbocycles. The molecule has 3 heterocycles. The molecule has 176 valence electrons. The van der Waals surface area contributed by atoms with Crippen molar-refractivity contribution in [3.63, 3.8) is 0 Å². The van der Waals surface area contributed by atoms with Gasteiger partial charge in [-0.05, 0) is 43.2 Å². The number of morpholine rings is 1. The van der Waals surface area contributed by atoms with Crippen molar-refractivity contribution >= 4 is 40.0 Å². The number of thioether (sulfide) groups is 1. The van der Waals surface area contributed by atoms with E-state index in [4.69, 9.17) is 14.7 Å². The van der Waals surface area contributed by atoms with E-state index in [0.717, 1.165) is 65.7 Å². The Morgan fingerprint density at radius 3 is 2.68 bits per heavy atom. The zero-order valence-electron chi connectivity index (χ0n) is 19.5. The van der Waals surface area contributed by atoms with Gasteiger partial charge in [-0.25, -0.2) is 9.97 Å². The average Bonchev–Trinajstić information content (AvgIpc) is 3.28. The van der Waals surface area contributed by atoms with E-state index in [1.165, 1.54) is 11.8 Å². The number of para-hydroxylation sites is 1. The van der Waals surface area contributed by atoms with E-state index >= 15 is 0 Å². The van der Waals surface area contributed by atoms with Crippen molar-refractivity contribution in [2.45, 2.75) is 37.1 Å². The lowest BCUT2D eigenvalue weighted by molar-refractivity contribution is -0.116. The highest BCUT2D eigenvalue weighted by Crippen LogP contribution is 2.33. The molecule has 34 heavy (non-hydrogen) atoms. The summed E-state index contributed by atoms with van der Waals surface area (Å²) in [6, 6.07) is 13.6. The number of amides is 1. The number of nitrogens with zero attached hydrogens (tertiary/aromatic N) is 4. The molecule has 1 fully saturated rings. The summed E-state index contributed by atoms with van der Waals surface area (Å²) in [6.07, 6.45) is 0.777. The van der Waals surface area contributed by atoms with Gasteiger partial charge >= 0.3 is 0 Å². The number of rotatable bonds is 6. The van der Waals surface area contributed by atoms with Crippen LogP contribution in [-0.4, -0.2) is 64.7 Å². The maximum absolute atomic E-state index is 13.3. The van der Waals surface area contributed by atoms with Crippen LogP contribution in [-0.2, 0) is 22.5 Å². The molecule has 1 saturated heterocycles. The number of Topliss-reactive ketones (excluding diaryl/α,β-unsaturated/α-hetero) is 1. The molecule has 1 unspecified atom stereocenters. The number of ether oxygens (including phenoxy) is 1. The molecule has 1 aromatic heterocycles. The molecule has 5 rings (SSSR count). The van der Waals surface area contributed by atoms with Crippen LogP contribution in [0.2, 0.25) is 0 Å². The normalized spacial score (nSPS) is 17.1. The third-order valence-electron chi connectivity index (χ3n) is 6.38. The number of hydrogen-bond donors (Lipinski definition) is 0. The van der Waals surface area contributed by atoms with Gasteiger partial charge in [0.15, 0.2) is 5.78 Å². The number of benzene rings is 2. The molecular weight excluding hydrogens is 448 g/mol. The maximum atomic E-state index is 13.3. The molecule has 0 radical (unpaired) electrons. The third-order valence-corrected chi connectivity index (χ3v) is 7.48. The second kappa shape index (κ2) is 9.82. The Balaban J connectivity index is 1.38. The summed E-state index contributed by atoms with van der Waals surface area (Å²) in [5.74, 6) is 0.862. The molecule has 8 heteroatoms. The van der Waals surface area contributed by atoms with Gasteiger partial charge in [-0.2, -0.15) is 0 Å². The van der Waals surface area contributed by atoms with Crippen LogP contribution in [0, 0.1) is 0 Å². The van der Waals surface area contributed by atoms with Gasteiger partial charge in [-0.3, -0.25) is 14.5 Å². The Hall–Kier alpha value is -2.81. The van der Waals surface area contributed by atoms with Gasteiger partial charge in [0, 0.05) is 43.2 Å². The minimum absolute atomic E-state index is 0.0327. The van der Waals surface area contributed by atoms with Crippen LogP contribution in [0.25, 0.3) is 10.9 Å². The number of fused-ring (bicyclic) bond motifs is 2. The molecule has 0 bridgehead atoms. The fourth-order valence-corrected chi connectivity index (χ4v) is 5.59. The van der Waals surface area contributed by atoms with Crippen molar-refractivity contribution in [3.8, 4) is 0 Å². The van der Waals surface area contributed by atoms with Crippen molar-refractivity contribution in [3.05, 3.63) is 59.4 Å². The van der Waals surface area contributed by atoms with Crippen LogP contribution >= 0.6 is 11.8 Å². The number of ketones is 1. The SMILES string of the molecule is CC(=O)N1CCc2cc(C(=O)C(C)Sc3nc(CN4CCOCC4)nc4ccccc34)ccc21. The van der Waals surface area contributed by atoms with Gasteiger partial charge in [0.2, 0.25) is 5.91 Å². The number of anilines is 1. The van der Waals surface area contributed by atoms with Crippen molar-refractivity contribution in [1.82, 2.24) is 14.9 Å². The van der Waals surface area contributed by atoms with Crippen LogP contribution in [0.15, 0.2) is 47.5 Å². The quantitative estimate of drug-likeness (QED) is 0.305. The molecule has 7 nitrogen and oxygen atoms in total. The molecule has 3 aromatic rings. The zero-order valence-corrected chi connectivity index (χ0v) is 20.3. The lowest BCUT2D eigenvalue weighted by atomic mass is 10.0. The summed E-state index contributed by atoms with van der Waals surface area (Å²) in [4.78, 5) is 38.9. The topological polar surface area (TPSA) is 75.6 Å². The van der Waals surface area contributed by atoms with E-state index in [0.29, 0.717) is 18.7 Å². The fourth-order valence-electron chi connectivity index (χ4n) is 4.55. The van der Waals surface area contributed by atoms with E-state index in [1.54, 1.807) is 11.8 Å². The predicted octanol–water partition coefficient (Wildman–Crippen LogP) is 3.73. The molecule has 0 aliphatic carbocycles.